The van der Waals surface area contributed by atoms with Crippen molar-refractivity contribution in [2.45, 2.75) is 32.2 Å². The maximum Gasteiger partial charge on any atom is 0.252 e. The molecule has 0 saturated heterocycles. The van der Waals surface area contributed by atoms with Crippen LogP contribution in [0.5, 0.6) is 0 Å². The number of amides is 1. The molecule has 2 aromatic heterocycles. The molecule has 5 nitrogen and oxygen atoms in total. The van der Waals surface area contributed by atoms with E-state index in [0.29, 0.717) is 23.0 Å². The zero-order valence-electron chi connectivity index (χ0n) is 14.2. The molecule has 1 saturated carbocycles. The largest absolute Gasteiger partial charge is 0.348 e. The van der Waals surface area contributed by atoms with E-state index in [1.165, 1.54) is 0 Å². The van der Waals surface area contributed by atoms with Gasteiger partial charge in [0, 0.05) is 30.2 Å². The van der Waals surface area contributed by atoms with Crippen molar-refractivity contribution >= 4 is 28.5 Å². The lowest BCUT2D eigenvalue weighted by Crippen LogP contribution is -2.23. The van der Waals surface area contributed by atoms with Crippen LogP contribution in [0.15, 0.2) is 30.3 Å². The minimum absolute atomic E-state index is 0.106. The summed E-state index contributed by atoms with van der Waals surface area (Å²) in [5.74, 6) is 0.365. The van der Waals surface area contributed by atoms with Gasteiger partial charge in [-0.1, -0.05) is 23.7 Å². The number of benzene rings is 1. The highest BCUT2D eigenvalue weighted by Gasteiger charge is 2.28. The molecule has 0 atom stereocenters. The van der Waals surface area contributed by atoms with Crippen LogP contribution in [-0.4, -0.2) is 20.7 Å². The molecule has 0 spiro atoms. The standard InChI is InChI=1S/C19H19ClN4O/c1-11-17-15(19(25)21-10-12-4-3-5-14(20)8-12)9-16(13-6-7-13)22-18(17)24(2)23-11/h3-5,8-9,13H,6-7,10H2,1-2H3,(H,21,25). The number of carbonyl (C=O) groups is 1. The molecule has 1 aromatic carbocycles. The van der Waals surface area contributed by atoms with E-state index in [0.717, 1.165) is 40.8 Å². The maximum atomic E-state index is 12.9. The van der Waals surface area contributed by atoms with Crippen molar-refractivity contribution in [3.8, 4) is 0 Å². The number of hydrogen-bond donors (Lipinski definition) is 1. The van der Waals surface area contributed by atoms with Crippen LogP contribution < -0.4 is 5.32 Å². The lowest BCUT2D eigenvalue weighted by atomic mass is 10.1. The summed E-state index contributed by atoms with van der Waals surface area (Å²) in [7, 11) is 1.87. The third-order valence-corrected chi connectivity index (χ3v) is 4.81. The van der Waals surface area contributed by atoms with Gasteiger partial charge in [0.05, 0.1) is 16.6 Å². The van der Waals surface area contributed by atoms with Gasteiger partial charge in [0.2, 0.25) is 0 Å². The molecule has 1 N–H and O–H groups in total. The molecule has 1 fully saturated rings. The van der Waals surface area contributed by atoms with Gasteiger partial charge in [-0.25, -0.2) is 4.98 Å². The van der Waals surface area contributed by atoms with Crippen LogP contribution in [0.4, 0.5) is 0 Å². The molecule has 6 heteroatoms. The molecule has 0 aliphatic heterocycles. The van der Waals surface area contributed by atoms with Gasteiger partial charge in [-0.05, 0) is 43.5 Å². The lowest BCUT2D eigenvalue weighted by molar-refractivity contribution is 0.0952. The van der Waals surface area contributed by atoms with Crippen LogP contribution in [0.1, 0.15) is 46.1 Å². The Kier molecular flexibility index (Phi) is 3.96. The van der Waals surface area contributed by atoms with Crippen LogP contribution in [0, 0.1) is 6.92 Å². The van der Waals surface area contributed by atoms with E-state index >= 15 is 0 Å². The zero-order valence-corrected chi connectivity index (χ0v) is 15.0. The van der Waals surface area contributed by atoms with Gasteiger partial charge >= 0.3 is 0 Å². The Morgan fingerprint density at radius 1 is 1.36 bits per heavy atom. The highest BCUT2D eigenvalue weighted by atomic mass is 35.5. The first-order valence-electron chi connectivity index (χ1n) is 8.40. The van der Waals surface area contributed by atoms with Crippen molar-refractivity contribution in [3.05, 3.63) is 57.9 Å². The molecule has 128 valence electrons. The highest BCUT2D eigenvalue weighted by Crippen LogP contribution is 2.40. The van der Waals surface area contributed by atoms with Crippen molar-refractivity contribution < 1.29 is 4.79 Å². The Morgan fingerprint density at radius 3 is 2.88 bits per heavy atom. The maximum absolute atomic E-state index is 12.9. The smallest absolute Gasteiger partial charge is 0.252 e. The topological polar surface area (TPSA) is 59.8 Å². The average molecular weight is 355 g/mol. The summed E-state index contributed by atoms with van der Waals surface area (Å²) in [6.45, 7) is 2.34. The second-order valence-corrected chi connectivity index (χ2v) is 7.03. The Morgan fingerprint density at radius 2 is 2.16 bits per heavy atom. The summed E-state index contributed by atoms with van der Waals surface area (Å²) in [6.07, 6.45) is 2.28. The zero-order chi connectivity index (χ0) is 17.6. The minimum atomic E-state index is -0.106. The highest BCUT2D eigenvalue weighted by molar-refractivity contribution is 6.30. The number of pyridine rings is 1. The molecule has 0 radical (unpaired) electrons. The average Bonchev–Trinajstić information content (AvgIpc) is 3.39. The van der Waals surface area contributed by atoms with E-state index in [2.05, 4.69) is 10.4 Å². The van der Waals surface area contributed by atoms with Gasteiger partial charge in [-0.15, -0.1) is 0 Å². The first-order chi connectivity index (χ1) is 12.0. The van der Waals surface area contributed by atoms with Crippen molar-refractivity contribution in [2.24, 2.45) is 7.05 Å². The normalized spacial score (nSPS) is 14.0. The summed E-state index contributed by atoms with van der Waals surface area (Å²) < 4.78 is 1.75. The number of aromatic nitrogens is 3. The first kappa shape index (κ1) is 16.1. The van der Waals surface area contributed by atoms with E-state index in [1.807, 2.05) is 44.3 Å². The van der Waals surface area contributed by atoms with Gasteiger partial charge in [-0.3, -0.25) is 9.48 Å². The number of carbonyl (C=O) groups excluding carboxylic acids is 1. The van der Waals surface area contributed by atoms with E-state index in [1.54, 1.807) is 4.68 Å². The van der Waals surface area contributed by atoms with Crippen molar-refractivity contribution in [3.63, 3.8) is 0 Å². The number of halogens is 1. The summed E-state index contributed by atoms with van der Waals surface area (Å²) in [5.41, 5.74) is 4.20. The number of hydrogen-bond acceptors (Lipinski definition) is 3. The van der Waals surface area contributed by atoms with Crippen LogP contribution in [0.3, 0.4) is 0 Å². The Labute approximate surface area is 151 Å². The van der Waals surface area contributed by atoms with E-state index in [4.69, 9.17) is 16.6 Å². The second kappa shape index (κ2) is 6.15. The van der Waals surface area contributed by atoms with Crippen LogP contribution in [0.25, 0.3) is 11.0 Å². The number of nitrogens with one attached hydrogen (secondary N) is 1. The summed E-state index contributed by atoms with van der Waals surface area (Å²) in [4.78, 5) is 17.6. The van der Waals surface area contributed by atoms with E-state index in [-0.39, 0.29) is 5.91 Å². The third kappa shape index (κ3) is 3.12. The quantitative estimate of drug-likeness (QED) is 0.776. The van der Waals surface area contributed by atoms with Gasteiger partial charge in [0.15, 0.2) is 5.65 Å². The predicted molar refractivity (Wildman–Crippen MR) is 97.8 cm³/mol. The monoisotopic (exact) mass is 354 g/mol. The Bertz CT molecular complexity index is 975. The molecule has 1 aliphatic rings. The van der Waals surface area contributed by atoms with Crippen molar-refractivity contribution in [2.75, 3.05) is 0 Å². The Hall–Kier alpha value is -2.40. The second-order valence-electron chi connectivity index (χ2n) is 6.59. The SMILES string of the molecule is Cc1nn(C)c2nc(C3CC3)cc(C(=O)NCc3cccc(Cl)c3)c12. The van der Waals surface area contributed by atoms with Gasteiger partial charge in [0.1, 0.15) is 0 Å². The number of aryl methyl sites for hydroxylation is 2. The van der Waals surface area contributed by atoms with Crippen LogP contribution in [-0.2, 0) is 13.6 Å². The fourth-order valence-corrected chi connectivity index (χ4v) is 3.37. The molecular weight excluding hydrogens is 336 g/mol. The number of fused-ring (bicyclic) bond motifs is 1. The molecule has 25 heavy (non-hydrogen) atoms. The van der Waals surface area contributed by atoms with Crippen LogP contribution in [0.2, 0.25) is 5.02 Å². The van der Waals surface area contributed by atoms with Gasteiger partial charge in [0.25, 0.3) is 5.91 Å². The molecule has 2 heterocycles. The predicted octanol–water partition coefficient (Wildman–Crippen LogP) is 3.74. The van der Waals surface area contributed by atoms with Crippen LogP contribution >= 0.6 is 11.6 Å². The first-order valence-corrected chi connectivity index (χ1v) is 8.77. The summed E-state index contributed by atoms with van der Waals surface area (Å²) in [5, 5.41) is 8.93. The van der Waals surface area contributed by atoms with E-state index in [9.17, 15) is 4.79 Å². The third-order valence-electron chi connectivity index (χ3n) is 4.57. The summed E-state index contributed by atoms with van der Waals surface area (Å²) >= 11 is 6.01. The van der Waals surface area contributed by atoms with Crippen molar-refractivity contribution in [1.29, 1.82) is 0 Å². The molecule has 0 unspecified atom stereocenters. The number of rotatable bonds is 4. The van der Waals surface area contributed by atoms with E-state index < -0.39 is 0 Å². The molecular formula is C19H19ClN4O. The Balaban J connectivity index is 1.68. The minimum Gasteiger partial charge on any atom is -0.348 e. The molecule has 3 aromatic rings. The summed E-state index contributed by atoms with van der Waals surface area (Å²) in [6, 6.07) is 9.43. The van der Waals surface area contributed by atoms with Crippen molar-refractivity contribution in [1.82, 2.24) is 20.1 Å². The fraction of sp³-hybridized carbons (Fsp3) is 0.316. The molecule has 0 bridgehead atoms. The lowest BCUT2D eigenvalue weighted by Gasteiger charge is -2.09. The molecule has 1 aliphatic carbocycles. The molecule has 1 amide bonds. The fourth-order valence-electron chi connectivity index (χ4n) is 3.16. The van der Waals surface area contributed by atoms with Gasteiger partial charge in [-0.2, -0.15) is 5.10 Å². The van der Waals surface area contributed by atoms with Gasteiger partial charge < -0.3 is 5.32 Å². The number of nitrogens with zero attached hydrogens (tertiary/aromatic N) is 3. The molecule has 4 rings (SSSR count).